The van der Waals surface area contributed by atoms with Crippen LogP contribution >= 0.6 is 0 Å². The predicted molar refractivity (Wildman–Crippen MR) is 105 cm³/mol. The third-order valence-electron chi connectivity index (χ3n) is 6.89. The quantitative estimate of drug-likeness (QED) is 0.829. The van der Waals surface area contributed by atoms with Gasteiger partial charge >= 0.3 is 6.09 Å². The number of carbonyl (C=O) groups is 1. The van der Waals surface area contributed by atoms with Crippen molar-refractivity contribution in [3.05, 3.63) is 17.5 Å². The fourth-order valence-electron chi connectivity index (χ4n) is 5.37. The smallest absolute Gasteiger partial charge is 0.407 e. The molecular formula is C21H34N4O2. The van der Waals surface area contributed by atoms with E-state index in [1.165, 1.54) is 43.5 Å². The monoisotopic (exact) mass is 374 g/mol. The number of nitrogens with one attached hydrogen (secondary N) is 1. The number of aryl methyl sites for hydroxylation is 1. The summed E-state index contributed by atoms with van der Waals surface area (Å²) in [6.45, 7) is 5.43. The van der Waals surface area contributed by atoms with Crippen LogP contribution in [0.1, 0.15) is 75.1 Å². The molecule has 1 aliphatic carbocycles. The van der Waals surface area contributed by atoms with Crippen LogP contribution in [0.15, 0.2) is 6.07 Å². The maximum atomic E-state index is 11.7. The number of rotatable bonds is 6. The van der Waals surface area contributed by atoms with Crippen LogP contribution in [0.4, 0.5) is 4.79 Å². The zero-order valence-electron chi connectivity index (χ0n) is 16.8. The lowest BCUT2D eigenvalue weighted by atomic mass is 9.74. The van der Waals surface area contributed by atoms with Gasteiger partial charge in [-0.3, -0.25) is 9.58 Å². The third kappa shape index (κ3) is 4.00. The minimum absolute atomic E-state index is 0.274. The summed E-state index contributed by atoms with van der Waals surface area (Å²) in [6, 6.07) is 2.77. The fraction of sp³-hybridized carbons (Fsp3) is 0.810. The number of nitrogens with zero attached hydrogens (tertiary/aromatic N) is 3. The molecule has 0 spiro atoms. The van der Waals surface area contributed by atoms with Gasteiger partial charge in [0.05, 0.1) is 5.69 Å². The number of hydrogen-bond acceptors (Lipinski definition) is 4. The molecular weight excluding hydrogens is 340 g/mol. The first-order valence-corrected chi connectivity index (χ1v) is 10.8. The van der Waals surface area contributed by atoms with E-state index in [1.807, 2.05) is 6.92 Å². The van der Waals surface area contributed by atoms with Gasteiger partial charge in [0.15, 0.2) is 0 Å². The summed E-state index contributed by atoms with van der Waals surface area (Å²) in [6.07, 6.45) is 8.33. The van der Waals surface area contributed by atoms with Crippen molar-refractivity contribution in [1.82, 2.24) is 20.0 Å². The molecule has 4 atom stereocenters. The van der Waals surface area contributed by atoms with E-state index >= 15 is 0 Å². The van der Waals surface area contributed by atoms with Gasteiger partial charge in [-0.25, -0.2) is 4.79 Å². The van der Waals surface area contributed by atoms with Crippen LogP contribution in [0.2, 0.25) is 0 Å². The third-order valence-corrected chi connectivity index (χ3v) is 6.89. The van der Waals surface area contributed by atoms with Gasteiger partial charge in [0, 0.05) is 43.7 Å². The zero-order valence-corrected chi connectivity index (χ0v) is 16.8. The van der Waals surface area contributed by atoms with Crippen LogP contribution in [0, 0.1) is 5.92 Å². The Hall–Kier alpha value is -1.56. The standard InChI is InChI=1S/C21H34N4O2/c1-3-9-22-21(26)27-14-17-11-16-8-10-25(17)13-18(16)20-12-19(23-24(20)2)15-6-4-5-7-15/h12,15-18H,3-11,13-14H2,1-2H3,(H,22,26)/t16-,17-,18+/m1/s1. The van der Waals surface area contributed by atoms with Crippen molar-refractivity contribution < 1.29 is 9.53 Å². The number of ether oxygens (including phenoxy) is 1. The topological polar surface area (TPSA) is 59.4 Å². The Kier molecular flexibility index (Phi) is 5.71. The van der Waals surface area contributed by atoms with Crippen molar-refractivity contribution >= 4 is 6.09 Å². The summed E-state index contributed by atoms with van der Waals surface area (Å²) >= 11 is 0. The summed E-state index contributed by atoms with van der Waals surface area (Å²) < 4.78 is 7.61. The lowest BCUT2D eigenvalue weighted by Gasteiger charge is -2.49. The van der Waals surface area contributed by atoms with E-state index in [9.17, 15) is 4.79 Å². The van der Waals surface area contributed by atoms with Crippen LogP contribution < -0.4 is 5.32 Å². The van der Waals surface area contributed by atoms with Gasteiger partial charge in [-0.05, 0) is 50.6 Å². The molecule has 0 aromatic carbocycles. The number of alkyl carbamates (subject to hydrolysis) is 1. The lowest BCUT2D eigenvalue weighted by Crippen LogP contribution is -2.54. The van der Waals surface area contributed by atoms with E-state index in [-0.39, 0.29) is 6.09 Å². The first-order chi connectivity index (χ1) is 13.2. The molecule has 5 rings (SSSR count). The van der Waals surface area contributed by atoms with E-state index < -0.39 is 0 Å². The molecule has 4 heterocycles. The molecule has 1 saturated carbocycles. The molecule has 1 unspecified atom stereocenters. The van der Waals surface area contributed by atoms with Gasteiger partial charge < -0.3 is 10.1 Å². The second-order valence-electron chi connectivity index (χ2n) is 8.66. The molecule has 1 N–H and O–H groups in total. The van der Waals surface area contributed by atoms with Crippen molar-refractivity contribution in [3.8, 4) is 0 Å². The van der Waals surface area contributed by atoms with Crippen molar-refractivity contribution in [1.29, 1.82) is 0 Å². The van der Waals surface area contributed by atoms with Gasteiger partial charge in [0.1, 0.15) is 6.61 Å². The molecule has 150 valence electrons. The molecule has 1 amide bonds. The average molecular weight is 375 g/mol. The summed E-state index contributed by atoms with van der Waals surface area (Å²) in [5.41, 5.74) is 2.72. The van der Waals surface area contributed by atoms with Crippen molar-refractivity contribution in [2.24, 2.45) is 13.0 Å². The molecule has 4 aliphatic rings. The fourth-order valence-corrected chi connectivity index (χ4v) is 5.37. The number of aromatic nitrogens is 2. The van der Waals surface area contributed by atoms with Crippen LogP contribution in [-0.4, -0.2) is 53.1 Å². The molecule has 6 heteroatoms. The molecule has 3 aliphatic heterocycles. The van der Waals surface area contributed by atoms with E-state index in [1.54, 1.807) is 0 Å². The zero-order chi connectivity index (χ0) is 18.8. The molecule has 3 saturated heterocycles. The molecule has 4 fully saturated rings. The number of carbonyl (C=O) groups excluding carboxylic acids is 1. The first-order valence-electron chi connectivity index (χ1n) is 10.8. The summed E-state index contributed by atoms with van der Waals surface area (Å²) in [5, 5.41) is 7.68. The van der Waals surface area contributed by atoms with Crippen molar-refractivity contribution in [2.75, 3.05) is 26.2 Å². The van der Waals surface area contributed by atoms with Gasteiger partial charge in [0.25, 0.3) is 0 Å². The van der Waals surface area contributed by atoms with Crippen LogP contribution in [0.3, 0.4) is 0 Å². The van der Waals surface area contributed by atoms with Gasteiger partial charge in [-0.2, -0.15) is 5.10 Å². The lowest BCUT2D eigenvalue weighted by molar-refractivity contribution is -0.00415. The number of hydrogen-bond donors (Lipinski definition) is 1. The Morgan fingerprint density at radius 2 is 2.15 bits per heavy atom. The molecule has 27 heavy (non-hydrogen) atoms. The summed E-state index contributed by atoms with van der Waals surface area (Å²) in [5.74, 6) is 1.92. The highest BCUT2D eigenvalue weighted by Gasteiger charge is 2.42. The largest absolute Gasteiger partial charge is 0.448 e. The Balaban J connectivity index is 1.37. The van der Waals surface area contributed by atoms with E-state index in [0.29, 0.717) is 36.9 Å². The molecule has 2 bridgehead atoms. The molecule has 1 aromatic rings. The van der Waals surface area contributed by atoms with E-state index in [0.717, 1.165) is 25.9 Å². The van der Waals surface area contributed by atoms with Crippen LogP contribution in [0.5, 0.6) is 0 Å². The Labute approximate surface area is 162 Å². The summed E-state index contributed by atoms with van der Waals surface area (Å²) in [7, 11) is 2.12. The van der Waals surface area contributed by atoms with Gasteiger partial charge in [-0.15, -0.1) is 0 Å². The van der Waals surface area contributed by atoms with Crippen LogP contribution in [-0.2, 0) is 11.8 Å². The van der Waals surface area contributed by atoms with E-state index in [2.05, 4.69) is 28.0 Å². The van der Waals surface area contributed by atoms with Gasteiger partial charge in [0.2, 0.25) is 0 Å². The highest BCUT2D eigenvalue weighted by Crippen LogP contribution is 2.43. The maximum absolute atomic E-state index is 11.7. The SMILES string of the molecule is CCCNC(=O)OC[C@H]1C[C@H]2CCN1C[C@@H]2c1cc(C2CCCC2)nn1C. The second-order valence-corrected chi connectivity index (χ2v) is 8.66. The minimum Gasteiger partial charge on any atom is -0.448 e. The Morgan fingerprint density at radius 1 is 1.33 bits per heavy atom. The van der Waals surface area contributed by atoms with E-state index in [4.69, 9.17) is 9.84 Å². The minimum atomic E-state index is -0.274. The highest BCUT2D eigenvalue weighted by atomic mass is 16.5. The van der Waals surface area contributed by atoms with Crippen LogP contribution in [0.25, 0.3) is 0 Å². The number of piperidine rings is 3. The van der Waals surface area contributed by atoms with Crippen molar-refractivity contribution in [2.45, 2.75) is 69.7 Å². The van der Waals surface area contributed by atoms with Gasteiger partial charge in [-0.1, -0.05) is 19.8 Å². The molecule has 0 radical (unpaired) electrons. The Bertz CT molecular complexity index is 653. The predicted octanol–water partition coefficient (Wildman–Crippen LogP) is 3.39. The second kappa shape index (κ2) is 8.21. The number of amides is 1. The number of fused-ring (bicyclic) bond motifs is 3. The normalized spacial score (nSPS) is 30.6. The Morgan fingerprint density at radius 3 is 2.85 bits per heavy atom. The maximum Gasteiger partial charge on any atom is 0.407 e. The van der Waals surface area contributed by atoms with Crippen molar-refractivity contribution in [3.63, 3.8) is 0 Å². The summed E-state index contributed by atoms with van der Waals surface area (Å²) in [4.78, 5) is 14.3. The molecule has 6 nitrogen and oxygen atoms in total. The highest BCUT2D eigenvalue weighted by molar-refractivity contribution is 5.67. The molecule has 1 aromatic heterocycles. The average Bonchev–Trinajstić information content (AvgIpc) is 3.34. The first kappa shape index (κ1) is 18.8.